The topological polar surface area (TPSA) is 113 Å². The van der Waals surface area contributed by atoms with E-state index in [1.807, 2.05) is 13.8 Å². The van der Waals surface area contributed by atoms with Crippen molar-refractivity contribution in [2.75, 3.05) is 37.3 Å². The molecule has 9 nitrogen and oxygen atoms in total. The summed E-state index contributed by atoms with van der Waals surface area (Å²) in [4.78, 5) is 31.9. The fourth-order valence-electron chi connectivity index (χ4n) is 1.62. The van der Waals surface area contributed by atoms with Gasteiger partial charge in [0.2, 0.25) is 17.7 Å². The summed E-state index contributed by atoms with van der Waals surface area (Å²) < 4.78 is 0. The van der Waals surface area contributed by atoms with Gasteiger partial charge in [0.25, 0.3) is 0 Å². The molecule has 1 aromatic rings. The van der Waals surface area contributed by atoms with Crippen LogP contribution in [0.1, 0.15) is 19.5 Å². The lowest BCUT2D eigenvalue weighted by atomic mass is 10.3. The third kappa shape index (κ3) is 4.26. The van der Waals surface area contributed by atoms with E-state index in [1.165, 1.54) is 11.8 Å². The van der Waals surface area contributed by atoms with Gasteiger partial charge in [-0.25, -0.2) is 4.98 Å². The molecule has 0 saturated carbocycles. The molecule has 0 aliphatic heterocycles. The zero-order chi connectivity index (χ0) is 16.0. The highest BCUT2D eigenvalue weighted by Crippen LogP contribution is 2.26. The molecule has 1 heterocycles. The minimum Gasteiger partial charge on any atom is -0.355 e. The molecule has 1 rings (SSSR count). The van der Waals surface area contributed by atoms with Crippen LogP contribution in [0.15, 0.2) is 0 Å². The second-order valence-corrected chi connectivity index (χ2v) is 4.38. The Bertz CT molecular complexity index is 534. The van der Waals surface area contributed by atoms with Gasteiger partial charge in [0, 0.05) is 20.1 Å². The van der Waals surface area contributed by atoms with E-state index in [9.17, 15) is 14.9 Å². The Morgan fingerprint density at radius 3 is 2.52 bits per heavy atom. The largest absolute Gasteiger partial charge is 0.355 e. The number of likely N-dealkylation sites (N-methyl/N-ethyl adjacent to an activating group) is 1. The molecule has 0 spiro atoms. The molecular weight excluding hydrogens is 276 g/mol. The number of hydrogen-bond acceptors (Lipinski definition) is 7. The van der Waals surface area contributed by atoms with E-state index >= 15 is 0 Å². The van der Waals surface area contributed by atoms with Gasteiger partial charge in [-0.2, -0.15) is 4.98 Å². The first-order valence-electron chi connectivity index (χ1n) is 6.65. The molecule has 0 aliphatic rings. The summed E-state index contributed by atoms with van der Waals surface area (Å²) in [5.41, 5.74) is 0.0216. The van der Waals surface area contributed by atoms with Crippen molar-refractivity contribution in [3.63, 3.8) is 0 Å². The predicted molar refractivity (Wildman–Crippen MR) is 79.4 cm³/mol. The van der Waals surface area contributed by atoms with Crippen LogP contribution in [-0.2, 0) is 4.79 Å². The number of hydrogen-bond donors (Lipinski definition) is 2. The second kappa shape index (κ2) is 7.36. The molecule has 1 aromatic heterocycles. The third-order valence-corrected chi connectivity index (χ3v) is 2.88. The zero-order valence-corrected chi connectivity index (χ0v) is 12.6. The molecule has 21 heavy (non-hydrogen) atoms. The first-order chi connectivity index (χ1) is 9.90. The van der Waals surface area contributed by atoms with Gasteiger partial charge < -0.3 is 15.5 Å². The van der Waals surface area contributed by atoms with Crippen LogP contribution in [0.5, 0.6) is 0 Å². The van der Waals surface area contributed by atoms with Crippen molar-refractivity contribution in [3.8, 4) is 0 Å². The van der Waals surface area contributed by atoms with Crippen molar-refractivity contribution in [1.82, 2.24) is 14.9 Å². The van der Waals surface area contributed by atoms with Gasteiger partial charge in [-0.1, -0.05) is 0 Å². The molecular formula is C12H20N6O3. The Labute approximate surface area is 122 Å². The minimum absolute atomic E-state index is 0.0429. The lowest BCUT2D eigenvalue weighted by molar-refractivity contribution is -0.385. The number of anilines is 2. The van der Waals surface area contributed by atoms with Gasteiger partial charge in [-0.05, 0) is 20.8 Å². The number of nitrogens with one attached hydrogen (secondary N) is 2. The zero-order valence-electron chi connectivity index (χ0n) is 12.6. The summed E-state index contributed by atoms with van der Waals surface area (Å²) in [6.45, 7) is 6.34. The van der Waals surface area contributed by atoms with Crippen LogP contribution in [-0.4, -0.2) is 52.4 Å². The number of amides is 1. The van der Waals surface area contributed by atoms with Crippen molar-refractivity contribution in [2.45, 2.75) is 20.8 Å². The maximum atomic E-state index is 11.8. The Morgan fingerprint density at radius 1 is 1.33 bits per heavy atom. The summed E-state index contributed by atoms with van der Waals surface area (Å²) in [6.07, 6.45) is 0. The third-order valence-electron chi connectivity index (χ3n) is 2.88. The van der Waals surface area contributed by atoms with Gasteiger partial charge in [0.1, 0.15) is 5.69 Å². The van der Waals surface area contributed by atoms with Crippen LogP contribution in [0.25, 0.3) is 0 Å². The number of carbonyl (C=O) groups excluding carboxylic acids is 1. The summed E-state index contributed by atoms with van der Waals surface area (Å²) in [5, 5.41) is 16.7. The molecule has 0 radical (unpaired) electrons. The number of carbonyl (C=O) groups is 1. The van der Waals surface area contributed by atoms with E-state index in [0.29, 0.717) is 19.0 Å². The van der Waals surface area contributed by atoms with E-state index in [0.717, 1.165) is 0 Å². The highest BCUT2D eigenvalue weighted by molar-refractivity contribution is 5.81. The Balaban J connectivity index is 3.02. The van der Waals surface area contributed by atoms with E-state index in [2.05, 4.69) is 20.6 Å². The van der Waals surface area contributed by atoms with Crippen molar-refractivity contribution in [3.05, 3.63) is 15.8 Å². The predicted octanol–water partition coefficient (Wildman–Crippen LogP) is 1.02. The molecule has 0 unspecified atom stereocenters. The SMILES string of the molecule is CCNc1nc(C)c([N+](=O)[O-])c(NCC(=O)N(C)CC)n1. The molecule has 0 fully saturated rings. The minimum atomic E-state index is -0.554. The van der Waals surface area contributed by atoms with Gasteiger partial charge >= 0.3 is 5.69 Å². The standard InChI is InChI=1S/C12H20N6O3/c1-5-13-12-15-8(3)10(18(20)21)11(16-12)14-7-9(19)17(4)6-2/h5-7H2,1-4H3,(H2,13,14,15,16). The van der Waals surface area contributed by atoms with Crippen LogP contribution < -0.4 is 10.6 Å². The van der Waals surface area contributed by atoms with Gasteiger partial charge in [0.15, 0.2) is 0 Å². The molecule has 0 aliphatic carbocycles. The Kier molecular flexibility index (Phi) is 5.82. The average molecular weight is 296 g/mol. The average Bonchev–Trinajstić information content (AvgIpc) is 2.43. The fourth-order valence-corrected chi connectivity index (χ4v) is 1.62. The molecule has 116 valence electrons. The Hall–Kier alpha value is -2.45. The van der Waals surface area contributed by atoms with E-state index in [-0.39, 0.29) is 29.7 Å². The van der Waals surface area contributed by atoms with Crippen molar-refractivity contribution in [1.29, 1.82) is 0 Å². The summed E-state index contributed by atoms with van der Waals surface area (Å²) in [7, 11) is 1.66. The highest BCUT2D eigenvalue weighted by atomic mass is 16.6. The molecule has 9 heteroatoms. The maximum absolute atomic E-state index is 11.8. The first kappa shape index (κ1) is 16.6. The lowest BCUT2D eigenvalue weighted by Gasteiger charge is -2.15. The van der Waals surface area contributed by atoms with Gasteiger partial charge in [0.05, 0.1) is 11.5 Å². The lowest BCUT2D eigenvalue weighted by Crippen LogP contribution is -2.32. The van der Waals surface area contributed by atoms with Crippen LogP contribution in [0.4, 0.5) is 17.5 Å². The molecule has 0 bridgehead atoms. The molecule has 0 atom stereocenters. The monoisotopic (exact) mass is 296 g/mol. The number of nitrogens with zero attached hydrogens (tertiary/aromatic N) is 4. The Morgan fingerprint density at radius 2 is 2.00 bits per heavy atom. The summed E-state index contributed by atoms with van der Waals surface area (Å²) >= 11 is 0. The highest BCUT2D eigenvalue weighted by Gasteiger charge is 2.22. The maximum Gasteiger partial charge on any atom is 0.332 e. The molecule has 1 amide bonds. The van der Waals surface area contributed by atoms with Crippen LogP contribution in [0.3, 0.4) is 0 Å². The second-order valence-electron chi connectivity index (χ2n) is 4.38. The molecule has 0 saturated heterocycles. The number of nitro groups is 1. The number of aromatic nitrogens is 2. The first-order valence-corrected chi connectivity index (χ1v) is 6.65. The molecule has 0 aromatic carbocycles. The molecule has 2 N–H and O–H groups in total. The smallest absolute Gasteiger partial charge is 0.332 e. The van der Waals surface area contributed by atoms with Crippen LogP contribution in [0, 0.1) is 17.0 Å². The van der Waals surface area contributed by atoms with Gasteiger partial charge in [-0.3, -0.25) is 14.9 Å². The summed E-state index contributed by atoms with van der Waals surface area (Å²) in [6, 6.07) is 0. The van der Waals surface area contributed by atoms with Crippen molar-refractivity contribution in [2.24, 2.45) is 0 Å². The quantitative estimate of drug-likeness (QED) is 0.570. The van der Waals surface area contributed by atoms with Crippen LogP contribution in [0.2, 0.25) is 0 Å². The van der Waals surface area contributed by atoms with Gasteiger partial charge in [-0.15, -0.1) is 0 Å². The van der Waals surface area contributed by atoms with Crippen molar-refractivity contribution < 1.29 is 9.72 Å². The fraction of sp³-hybridized carbons (Fsp3) is 0.583. The van der Waals surface area contributed by atoms with Crippen LogP contribution >= 0.6 is 0 Å². The normalized spacial score (nSPS) is 10.1. The number of aryl methyl sites for hydroxylation is 1. The number of rotatable bonds is 7. The van der Waals surface area contributed by atoms with E-state index in [4.69, 9.17) is 0 Å². The summed E-state index contributed by atoms with van der Waals surface area (Å²) in [5.74, 6) is 0.161. The van der Waals surface area contributed by atoms with E-state index < -0.39 is 4.92 Å². The van der Waals surface area contributed by atoms with Crippen molar-refractivity contribution >= 4 is 23.4 Å². The van der Waals surface area contributed by atoms with E-state index in [1.54, 1.807) is 7.05 Å².